The van der Waals surface area contributed by atoms with E-state index in [2.05, 4.69) is 32.2 Å². The van der Waals surface area contributed by atoms with E-state index in [4.69, 9.17) is 0 Å². The van der Waals surface area contributed by atoms with Crippen molar-refractivity contribution in [2.75, 3.05) is 12.0 Å². The van der Waals surface area contributed by atoms with Crippen LogP contribution in [0.1, 0.15) is 40.5 Å². The Kier molecular flexibility index (Phi) is 6.91. The van der Waals surface area contributed by atoms with Crippen molar-refractivity contribution in [1.29, 1.82) is 0 Å². The van der Waals surface area contributed by atoms with Gasteiger partial charge in [-0.3, -0.25) is 0 Å². The number of hydrogen-bond acceptors (Lipinski definition) is 3. The fourth-order valence-electron chi connectivity index (χ4n) is 1.69. The summed E-state index contributed by atoms with van der Waals surface area (Å²) in [5.74, 6) is 0.208. The Balaban J connectivity index is 3.87. The molecule has 2 unspecified atom stereocenters. The first kappa shape index (κ1) is 15.7. The van der Waals surface area contributed by atoms with E-state index < -0.39 is 9.84 Å². The second-order valence-electron chi connectivity index (χ2n) is 4.92. The van der Waals surface area contributed by atoms with Gasteiger partial charge in [-0.25, -0.2) is 8.42 Å². The molecule has 0 fully saturated rings. The van der Waals surface area contributed by atoms with Crippen LogP contribution >= 0.6 is 0 Å². The second kappa shape index (κ2) is 7.07. The van der Waals surface area contributed by atoms with E-state index in [1.807, 2.05) is 6.92 Å². The van der Waals surface area contributed by atoms with Gasteiger partial charge in [-0.15, -0.1) is 0 Å². The van der Waals surface area contributed by atoms with Crippen molar-refractivity contribution in [3.63, 3.8) is 0 Å². The second-order valence-corrected chi connectivity index (χ2v) is 7.10. The van der Waals surface area contributed by atoms with E-state index in [9.17, 15) is 8.42 Å². The summed E-state index contributed by atoms with van der Waals surface area (Å²) >= 11 is 0. The Morgan fingerprint density at radius 3 is 2.25 bits per heavy atom. The molecular formula is C12H25NO2S. The van der Waals surface area contributed by atoms with Crippen LogP contribution in [0.2, 0.25) is 0 Å². The minimum absolute atomic E-state index is 0.0247. The number of hydrogen-bond donors (Lipinski definition) is 1. The average Bonchev–Trinajstić information content (AvgIpc) is 1.98. The largest absolute Gasteiger partial charge is 0.311 e. The van der Waals surface area contributed by atoms with Gasteiger partial charge >= 0.3 is 0 Å². The molecule has 0 aromatic rings. The van der Waals surface area contributed by atoms with Crippen LogP contribution in [0.3, 0.4) is 0 Å². The van der Waals surface area contributed by atoms with Gasteiger partial charge in [-0.05, 0) is 40.5 Å². The van der Waals surface area contributed by atoms with E-state index in [-0.39, 0.29) is 11.8 Å². The maximum Gasteiger partial charge on any atom is 0.148 e. The summed E-state index contributed by atoms with van der Waals surface area (Å²) < 4.78 is 22.2. The van der Waals surface area contributed by atoms with Crippen molar-refractivity contribution in [2.45, 2.75) is 52.6 Å². The zero-order valence-corrected chi connectivity index (χ0v) is 11.9. The van der Waals surface area contributed by atoms with Crippen molar-refractivity contribution >= 4 is 9.84 Å². The minimum Gasteiger partial charge on any atom is -0.311 e. The Hall–Kier alpha value is -0.350. The van der Waals surface area contributed by atoms with Gasteiger partial charge in [0, 0.05) is 18.3 Å². The highest BCUT2D eigenvalue weighted by atomic mass is 32.2. The predicted molar refractivity (Wildman–Crippen MR) is 70.4 cm³/mol. The molecule has 1 N–H and O–H groups in total. The van der Waals surface area contributed by atoms with E-state index in [1.54, 1.807) is 0 Å². The summed E-state index contributed by atoms with van der Waals surface area (Å²) in [6, 6.07) is 0.379. The van der Waals surface area contributed by atoms with E-state index in [1.165, 1.54) is 11.8 Å². The molecule has 0 aromatic heterocycles. The molecule has 0 saturated heterocycles. The molecule has 0 aromatic carbocycles. The van der Waals surface area contributed by atoms with Crippen LogP contribution in [-0.4, -0.2) is 32.5 Å². The molecule has 2 atom stereocenters. The fourth-order valence-corrected chi connectivity index (χ4v) is 2.70. The third-order valence-corrected chi connectivity index (χ3v) is 3.38. The summed E-state index contributed by atoms with van der Waals surface area (Å²) in [6.45, 7) is 8.19. The highest BCUT2D eigenvalue weighted by Gasteiger charge is 2.12. The fraction of sp³-hybridized carbons (Fsp3) is 0.833. The number of nitrogens with one attached hydrogen (secondary N) is 1. The van der Waals surface area contributed by atoms with Crippen LogP contribution in [0, 0.1) is 0 Å². The summed E-state index contributed by atoms with van der Waals surface area (Å²) in [7, 11) is -2.88. The van der Waals surface area contributed by atoms with Crippen LogP contribution in [0.4, 0.5) is 0 Å². The van der Waals surface area contributed by atoms with Crippen LogP contribution in [0.25, 0.3) is 0 Å². The summed E-state index contributed by atoms with van der Waals surface area (Å²) in [6.07, 6.45) is 5.57. The van der Waals surface area contributed by atoms with Crippen LogP contribution in [0.5, 0.6) is 0 Å². The molecule has 0 rings (SSSR count). The summed E-state index contributed by atoms with van der Waals surface area (Å²) in [5, 5.41) is 3.30. The molecule has 0 aliphatic rings. The number of allylic oxidation sites excluding steroid dienone is 2. The molecule has 0 radical (unpaired) electrons. The Bertz CT molecular complexity index is 316. The molecular weight excluding hydrogens is 222 g/mol. The van der Waals surface area contributed by atoms with Crippen molar-refractivity contribution in [3.8, 4) is 0 Å². The normalized spacial score (nSPS) is 15.6. The Labute approximate surface area is 100 Å². The number of rotatable bonds is 7. The van der Waals surface area contributed by atoms with Gasteiger partial charge in [-0.2, -0.15) is 0 Å². The lowest BCUT2D eigenvalue weighted by Gasteiger charge is -2.18. The van der Waals surface area contributed by atoms with Gasteiger partial charge in [0.15, 0.2) is 0 Å². The monoisotopic (exact) mass is 247 g/mol. The van der Waals surface area contributed by atoms with E-state index in [0.717, 1.165) is 12.8 Å². The highest BCUT2D eigenvalue weighted by molar-refractivity contribution is 7.90. The molecule has 4 heteroatoms. The zero-order valence-electron chi connectivity index (χ0n) is 11.1. The summed E-state index contributed by atoms with van der Waals surface area (Å²) in [5.41, 5.74) is 1.33. The standard InChI is InChI=1S/C12H25NO2S/c1-10(2)7-6-8-11(3)13-12(4)9-16(5,14)15/h7,11-13H,6,8-9H2,1-5H3. The molecule has 0 spiro atoms. The lowest BCUT2D eigenvalue weighted by molar-refractivity contribution is 0.466. The Morgan fingerprint density at radius 1 is 1.25 bits per heavy atom. The van der Waals surface area contributed by atoms with Crippen molar-refractivity contribution in [3.05, 3.63) is 11.6 Å². The molecule has 0 bridgehead atoms. The van der Waals surface area contributed by atoms with E-state index >= 15 is 0 Å². The predicted octanol–water partition coefficient (Wildman–Crippen LogP) is 2.14. The van der Waals surface area contributed by atoms with Crippen molar-refractivity contribution in [2.24, 2.45) is 0 Å². The van der Waals surface area contributed by atoms with Crippen LogP contribution < -0.4 is 5.32 Å². The third-order valence-electron chi connectivity index (χ3n) is 2.27. The van der Waals surface area contributed by atoms with Crippen LogP contribution in [0.15, 0.2) is 11.6 Å². The van der Waals surface area contributed by atoms with Crippen molar-refractivity contribution < 1.29 is 8.42 Å². The topological polar surface area (TPSA) is 46.2 Å². The lowest BCUT2D eigenvalue weighted by Crippen LogP contribution is -2.38. The van der Waals surface area contributed by atoms with E-state index in [0.29, 0.717) is 6.04 Å². The molecule has 96 valence electrons. The maximum absolute atomic E-state index is 11.1. The first-order valence-corrected chi connectivity index (χ1v) is 7.84. The van der Waals surface area contributed by atoms with Gasteiger partial charge in [0.25, 0.3) is 0 Å². The third kappa shape index (κ3) is 10.2. The lowest BCUT2D eigenvalue weighted by atomic mass is 10.1. The molecule has 0 aliphatic heterocycles. The quantitative estimate of drug-likeness (QED) is 0.701. The number of sulfone groups is 1. The summed E-state index contributed by atoms with van der Waals surface area (Å²) in [4.78, 5) is 0. The van der Waals surface area contributed by atoms with Gasteiger partial charge in [0.05, 0.1) is 5.75 Å². The SMILES string of the molecule is CC(C)=CCCC(C)NC(C)CS(C)(=O)=O. The molecule has 16 heavy (non-hydrogen) atoms. The molecule has 3 nitrogen and oxygen atoms in total. The molecule has 0 heterocycles. The van der Waals surface area contributed by atoms with Gasteiger partial charge in [0.2, 0.25) is 0 Å². The van der Waals surface area contributed by atoms with Gasteiger partial charge < -0.3 is 5.32 Å². The van der Waals surface area contributed by atoms with Gasteiger partial charge in [0.1, 0.15) is 9.84 Å². The van der Waals surface area contributed by atoms with Crippen LogP contribution in [-0.2, 0) is 9.84 Å². The maximum atomic E-state index is 11.1. The molecule has 0 amide bonds. The molecule has 0 aliphatic carbocycles. The first-order chi connectivity index (χ1) is 7.20. The highest BCUT2D eigenvalue weighted by Crippen LogP contribution is 2.02. The first-order valence-electron chi connectivity index (χ1n) is 5.78. The minimum atomic E-state index is -2.88. The van der Waals surface area contributed by atoms with Crippen molar-refractivity contribution in [1.82, 2.24) is 5.32 Å². The average molecular weight is 247 g/mol. The zero-order chi connectivity index (χ0) is 12.8. The molecule has 0 saturated carbocycles. The Morgan fingerprint density at radius 2 is 1.81 bits per heavy atom. The smallest absolute Gasteiger partial charge is 0.148 e. The van der Waals surface area contributed by atoms with Gasteiger partial charge in [-0.1, -0.05) is 11.6 Å².